The van der Waals surface area contributed by atoms with E-state index in [1.54, 1.807) is 0 Å². The van der Waals surface area contributed by atoms with Crippen LogP contribution in [0.3, 0.4) is 0 Å². The van der Waals surface area contributed by atoms with Gasteiger partial charge in [-0.2, -0.15) is 0 Å². The molecule has 1 aliphatic rings. The largest absolute Gasteiger partial charge is 0.465 e. The summed E-state index contributed by atoms with van der Waals surface area (Å²) in [5, 5.41) is 0. The van der Waals surface area contributed by atoms with Crippen LogP contribution in [0.25, 0.3) is 0 Å². The highest BCUT2D eigenvalue weighted by atomic mass is 16.5. The van der Waals surface area contributed by atoms with Gasteiger partial charge < -0.3 is 9.64 Å². The van der Waals surface area contributed by atoms with Crippen LogP contribution < -0.4 is 4.90 Å². The predicted molar refractivity (Wildman–Crippen MR) is 77.9 cm³/mol. The Balaban J connectivity index is 2.47. The number of rotatable bonds is 2. The smallest absolute Gasteiger partial charge is 0.337 e. The topological polar surface area (TPSA) is 29.5 Å². The molecule has 2 rings (SSSR count). The third-order valence-electron chi connectivity index (χ3n) is 3.67. The number of nitrogens with zero attached hydrogens (tertiary/aromatic N) is 1. The van der Waals surface area contributed by atoms with Crippen LogP contribution in [-0.2, 0) is 10.2 Å². The number of hydrogen-bond donors (Lipinski definition) is 0. The summed E-state index contributed by atoms with van der Waals surface area (Å²) in [5.74, 6) is -0.263. The molecular weight excluding hydrogens is 238 g/mol. The summed E-state index contributed by atoms with van der Waals surface area (Å²) in [7, 11) is 1.43. The van der Waals surface area contributed by atoms with Gasteiger partial charge in [-0.05, 0) is 36.0 Å². The van der Waals surface area contributed by atoms with E-state index < -0.39 is 0 Å². The van der Waals surface area contributed by atoms with Gasteiger partial charge in [0.05, 0.1) is 12.7 Å². The van der Waals surface area contributed by atoms with Crippen molar-refractivity contribution in [1.82, 2.24) is 0 Å². The van der Waals surface area contributed by atoms with Crippen molar-refractivity contribution in [1.29, 1.82) is 0 Å². The molecule has 1 aromatic rings. The first-order chi connectivity index (χ1) is 8.93. The minimum Gasteiger partial charge on any atom is -0.465 e. The Morgan fingerprint density at radius 2 is 1.84 bits per heavy atom. The fraction of sp³-hybridized carbons (Fsp3) is 0.562. The standard InChI is InChI=1S/C16H23NO2/c1-16(2,3)13-8-7-12(15(18)19-4)11-14(13)17-9-5-6-10-17/h7-8,11H,5-6,9-10H2,1-4H3. The number of benzene rings is 1. The van der Waals surface area contributed by atoms with Crippen molar-refractivity contribution in [3.63, 3.8) is 0 Å². The van der Waals surface area contributed by atoms with Gasteiger partial charge >= 0.3 is 5.97 Å². The molecule has 3 heteroatoms. The van der Waals surface area contributed by atoms with E-state index in [-0.39, 0.29) is 11.4 Å². The van der Waals surface area contributed by atoms with Gasteiger partial charge in [0, 0.05) is 18.8 Å². The van der Waals surface area contributed by atoms with E-state index in [1.165, 1.54) is 31.2 Å². The molecule has 0 aromatic heterocycles. The second-order valence-corrected chi connectivity index (χ2v) is 6.17. The minimum absolute atomic E-state index is 0.0760. The van der Waals surface area contributed by atoms with Gasteiger partial charge in [-0.3, -0.25) is 0 Å². The van der Waals surface area contributed by atoms with Crippen LogP contribution in [0.15, 0.2) is 18.2 Å². The molecule has 0 N–H and O–H groups in total. The maximum absolute atomic E-state index is 11.7. The molecule has 1 aromatic carbocycles. The molecule has 0 amide bonds. The Bertz CT molecular complexity index is 468. The van der Waals surface area contributed by atoms with Gasteiger partial charge in [-0.25, -0.2) is 4.79 Å². The SMILES string of the molecule is COC(=O)c1ccc(C(C)(C)C)c(N2CCCC2)c1. The number of methoxy groups -OCH3 is 1. The molecule has 3 nitrogen and oxygen atoms in total. The van der Waals surface area contributed by atoms with Crippen molar-refractivity contribution >= 4 is 11.7 Å². The van der Waals surface area contributed by atoms with Gasteiger partial charge in [0.1, 0.15) is 0 Å². The Morgan fingerprint density at radius 3 is 2.37 bits per heavy atom. The van der Waals surface area contributed by atoms with Crippen LogP contribution >= 0.6 is 0 Å². The average molecular weight is 261 g/mol. The van der Waals surface area contributed by atoms with Crippen molar-refractivity contribution in [2.45, 2.75) is 39.0 Å². The molecule has 104 valence electrons. The average Bonchev–Trinajstić information content (AvgIpc) is 2.89. The lowest BCUT2D eigenvalue weighted by Crippen LogP contribution is -2.24. The molecule has 0 radical (unpaired) electrons. The van der Waals surface area contributed by atoms with Gasteiger partial charge in [-0.15, -0.1) is 0 Å². The number of carbonyl (C=O) groups excluding carboxylic acids is 1. The van der Waals surface area contributed by atoms with Crippen molar-refractivity contribution in [2.24, 2.45) is 0 Å². The van der Waals surface area contributed by atoms with E-state index in [4.69, 9.17) is 4.74 Å². The molecule has 0 atom stereocenters. The summed E-state index contributed by atoms with van der Waals surface area (Å²) >= 11 is 0. The Kier molecular flexibility index (Phi) is 3.83. The second-order valence-electron chi connectivity index (χ2n) is 6.17. The lowest BCUT2D eigenvalue weighted by atomic mass is 9.85. The molecule has 0 bridgehead atoms. The highest BCUT2D eigenvalue weighted by Gasteiger charge is 2.24. The summed E-state index contributed by atoms with van der Waals surface area (Å²) in [6.07, 6.45) is 2.46. The number of ether oxygens (including phenoxy) is 1. The van der Waals surface area contributed by atoms with Crippen LogP contribution in [0.2, 0.25) is 0 Å². The van der Waals surface area contributed by atoms with Crippen LogP contribution in [0.5, 0.6) is 0 Å². The molecule has 0 spiro atoms. The number of carbonyl (C=O) groups is 1. The van der Waals surface area contributed by atoms with E-state index in [2.05, 4.69) is 31.7 Å². The van der Waals surface area contributed by atoms with Crippen molar-refractivity contribution in [3.8, 4) is 0 Å². The Morgan fingerprint density at radius 1 is 1.21 bits per heavy atom. The van der Waals surface area contributed by atoms with Gasteiger partial charge in [0.2, 0.25) is 0 Å². The minimum atomic E-state index is -0.263. The maximum atomic E-state index is 11.7. The number of esters is 1. The molecule has 1 fully saturated rings. The van der Waals surface area contributed by atoms with Crippen molar-refractivity contribution in [2.75, 3.05) is 25.1 Å². The molecule has 0 unspecified atom stereocenters. The monoisotopic (exact) mass is 261 g/mol. The zero-order valence-electron chi connectivity index (χ0n) is 12.3. The molecule has 1 aliphatic heterocycles. The van der Waals surface area contributed by atoms with E-state index in [1.807, 2.05) is 12.1 Å². The molecule has 0 aliphatic carbocycles. The van der Waals surface area contributed by atoms with Gasteiger partial charge in [0.25, 0.3) is 0 Å². The van der Waals surface area contributed by atoms with Crippen LogP contribution in [0.1, 0.15) is 49.5 Å². The second kappa shape index (κ2) is 5.24. The molecule has 1 saturated heterocycles. The summed E-state index contributed by atoms with van der Waals surface area (Å²) < 4.78 is 4.82. The molecular formula is C16H23NO2. The van der Waals surface area contributed by atoms with Crippen LogP contribution in [0, 0.1) is 0 Å². The maximum Gasteiger partial charge on any atom is 0.337 e. The summed E-state index contributed by atoms with van der Waals surface area (Å²) in [6, 6.07) is 5.92. The van der Waals surface area contributed by atoms with E-state index in [9.17, 15) is 4.79 Å². The normalized spacial score (nSPS) is 15.7. The lowest BCUT2D eigenvalue weighted by molar-refractivity contribution is 0.0600. The molecule has 19 heavy (non-hydrogen) atoms. The van der Waals surface area contributed by atoms with E-state index >= 15 is 0 Å². The van der Waals surface area contributed by atoms with E-state index in [0.29, 0.717) is 5.56 Å². The van der Waals surface area contributed by atoms with Gasteiger partial charge in [-0.1, -0.05) is 26.8 Å². The van der Waals surface area contributed by atoms with Gasteiger partial charge in [0.15, 0.2) is 0 Å². The Labute approximate surface area is 115 Å². The van der Waals surface area contributed by atoms with Crippen molar-refractivity contribution < 1.29 is 9.53 Å². The zero-order valence-corrected chi connectivity index (χ0v) is 12.3. The first kappa shape index (κ1) is 13.9. The first-order valence-corrected chi connectivity index (χ1v) is 6.91. The lowest BCUT2D eigenvalue weighted by Gasteiger charge is -2.29. The summed E-state index contributed by atoms with van der Waals surface area (Å²) in [4.78, 5) is 14.1. The quantitative estimate of drug-likeness (QED) is 0.764. The summed E-state index contributed by atoms with van der Waals surface area (Å²) in [6.45, 7) is 8.78. The first-order valence-electron chi connectivity index (χ1n) is 6.91. The van der Waals surface area contributed by atoms with Crippen molar-refractivity contribution in [3.05, 3.63) is 29.3 Å². The molecule has 0 saturated carbocycles. The summed E-state index contributed by atoms with van der Waals surface area (Å²) in [5.41, 5.74) is 3.19. The van der Waals surface area contributed by atoms with Crippen LogP contribution in [-0.4, -0.2) is 26.2 Å². The number of hydrogen-bond acceptors (Lipinski definition) is 3. The predicted octanol–water partition coefficient (Wildman–Crippen LogP) is 3.37. The van der Waals surface area contributed by atoms with E-state index in [0.717, 1.165) is 13.1 Å². The highest BCUT2D eigenvalue weighted by Crippen LogP contribution is 2.34. The third-order valence-corrected chi connectivity index (χ3v) is 3.67. The fourth-order valence-corrected chi connectivity index (χ4v) is 2.63. The highest BCUT2D eigenvalue weighted by molar-refractivity contribution is 5.91. The third kappa shape index (κ3) is 2.91. The Hall–Kier alpha value is -1.51. The zero-order chi connectivity index (χ0) is 14.0. The van der Waals surface area contributed by atoms with Crippen LogP contribution in [0.4, 0.5) is 5.69 Å². The molecule has 1 heterocycles. The number of anilines is 1. The fourth-order valence-electron chi connectivity index (χ4n) is 2.63.